The third-order valence-corrected chi connectivity index (χ3v) is 5.35. The molecule has 0 N–H and O–H groups in total. The quantitative estimate of drug-likeness (QED) is 0.631. The van der Waals surface area contributed by atoms with E-state index in [-0.39, 0.29) is 12.6 Å². The highest BCUT2D eigenvalue weighted by atomic mass is 16.5. The van der Waals surface area contributed by atoms with Crippen molar-refractivity contribution in [3.63, 3.8) is 0 Å². The number of carbonyl (C=O) groups excluding carboxylic acids is 1. The third-order valence-electron chi connectivity index (χ3n) is 5.35. The van der Waals surface area contributed by atoms with E-state index in [0.29, 0.717) is 12.8 Å². The number of carbonyl (C=O) groups is 1. The smallest absolute Gasteiger partial charge is 0.317 e. The number of methoxy groups -OCH3 is 1. The van der Waals surface area contributed by atoms with Crippen molar-refractivity contribution in [1.29, 1.82) is 0 Å². The van der Waals surface area contributed by atoms with E-state index >= 15 is 0 Å². The molecule has 0 unspecified atom stereocenters. The van der Waals surface area contributed by atoms with Gasteiger partial charge in [-0.15, -0.1) is 0 Å². The van der Waals surface area contributed by atoms with Crippen LogP contribution in [0, 0.1) is 0 Å². The van der Waals surface area contributed by atoms with Gasteiger partial charge >= 0.3 is 5.97 Å². The van der Waals surface area contributed by atoms with Crippen LogP contribution in [0.4, 0.5) is 0 Å². The highest BCUT2D eigenvalue weighted by molar-refractivity contribution is 5.85. The fourth-order valence-electron chi connectivity index (χ4n) is 3.85. The Morgan fingerprint density at radius 3 is 2.04 bits per heavy atom. The van der Waals surface area contributed by atoms with Crippen LogP contribution in [-0.4, -0.2) is 13.1 Å². The molecule has 0 aliphatic heterocycles. The molecule has 0 spiro atoms. The summed E-state index contributed by atoms with van der Waals surface area (Å²) in [6, 6.07) is 25.8. The summed E-state index contributed by atoms with van der Waals surface area (Å²) in [6.45, 7) is 0.286. The number of hydrogen-bond donors (Lipinski definition) is 0. The van der Waals surface area contributed by atoms with Crippen LogP contribution in [0.2, 0.25) is 0 Å². The zero-order valence-electron chi connectivity index (χ0n) is 15.4. The molecule has 136 valence electrons. The number of ether oxygens (including phenoxy) is 2. The van der Waals surface area contributed by atoms with Crippen LogP contribution >= 0.6 is 0 Å². The van der Waals surface area contributed by atoms with Gasteiger partial charge in [0.15, 0.2) is 0 Å². The largest absolute Gasteiger partial charge is 0.497 e. The van der Waals surface area contributed by atoms with Crippen LogP contribution in [0.5, 0.6) is 5.75 Å². The summed E-state index contributed by atoms with van der Waals surface area (Å²) in [4.78, 5) is 13.3. The Kier molecular flexibility index (Phi) is 4.68. The van der Waals surface area contributed by atoms with Crippen LogP contribution in [0.3, 0.4) is 0 Å². The molecule has 1 aliphatic carbocycles. The fraction of sp³-hybridized carbons (Fsp3) is 0.208. The molecule has 0 amide bonds. The molecule has 0 heterocycles. The standard InChI is InChI=1S/C24H22O3/c1-26-22-13-11-21(12-14-22)24(15-19-9-5-6-10-20(19)16-24)23(25)27-17-18-7-3-2-4-8-18/h2-14H,15-17H2,1H3. The molecule has 0 bridgehead atoms. The maximum Gasteiger partial charge on any atom is 0.317 e. The van der Waals surface area contributed by atoms with Crippen molar-refractivity contribution in [2.24, 2.45) is 0 Å². The maximum absolute atomic E-state index is 13.3. The van der Waals surface area contributed by atoms with Gasteiger partial charge in [0.2, 0.25) is 0 Å². The molecule has 3 nitrogen and oxygen atoms in total. The summed E-state index contributed by atoms with van der Waals surface area (Å²) in [5.74, 6) is 0.606. The summed E-state index contributed by atoms with van der Waals surface area (Å²) >= 11 is 0. The number of esters is 1. The molecule has 3 aromatic carbocycles. The number of benzene rings is 3. The summed E-state index contributed by atoms with van der Waals surface area (Å²) in [5.41, 5.74) is 3.70. The van der Waals surface area contributed by atoms with Crippen LogP contribution in [-0.2, 0) is 34.4 Å². The van der Waals surface area contributed by atoms with E-state index in [2.05, 4.69) is 12.1 Å². The first kappa shape index (κ1) is 17.3. The average Bonchev–Trinajstić information content (AvgIpc) is 3.14. The molecule has 1 aliphatic rings. The first-order valence-electron chi connectivity index (χ1n) is 9.14. The van der Waals surface area contributed by atoms with Gasteiger partial charge in [-0.3, -0.25) is 4.79 Å². The van der Waals surface area contributed by atoms with E-state index in [1.807, 2.05) is 66.7 Å². The highest BCUT2D eigenvalue weighted by Gasteiger charge is 2.46. The van der Waals surface area contributed by atoms with E-state index in [4.69, 9.17) is 9.47 Å². The van der Waals surface area contributed by atoms with Gasteiger partial charge in [-0.25, -0.2) is 0 Å². The average molecular weight is 358 g/mol. The summed E-state index contributed by atoms with van der Waals surface area (Å²) in [6.07, 6.45) is 1.31. The van der Waals surface area contributed by atoms with Gasteiger partial charge in [0, 0.05) is 0 Å². The molecule has 0 saturated carbocycles. The Hall–Kier alpha value is -3.07. The number of rotatable bonds is 5. The topological polar surface area (TPSA) is 35.5 Å². The van der Waals surface area contributed by atoms with Crippen LogP contribution in [0.1, 0.15) is 22.3 Å². The van der Waals surface area contributed by atoms with Gasteiger partial charge in [-0.2, -0.15) is 0 Å². The Morgan fingerprint density at radius 2 is 1.44 bits per heavy atom. The minimum Gasteiger partial charge on any atom is -0.497 e. The first-order valence-corrected chi connectivity index (χ1v) is 9.14. The normalized spacial score (nSPS) is 14.4. The predicted octanol–water partition coefficient (Wildman–Crippen LogP) is 4.48. The van der Waals surface area contributed by atoms with Crippen LogP contribution in [0.15, 0.2) is 78.9 Å². The monoisotopic (exact) mass is 358 g/mol. The van der Waals surface area contributed by atoms with Crippen molar-refractivity contribution in [3.8, 4) is 5.75 Å². The lowest BCUT2D eigenvalue weighted by atomic mass is 9.77. The van der Waals surface area contributed by atoms with Crippen LogP contribution in [0.25, 0.3) is 0 Å². The molecule has 27 heavy (non-hydrogen) atoms. The van der Waals surface area contributed by atoms with Crippen molar-refractivity contribution in [1.82, 2.24) is 0 Å². The molecular weight excluding hydrogens is 336 g/mol. The summed E-state index contributed by atoms with van der Waals surface area (Å²) in [5, 5.41) is 0. The highest BCUT2D eigenvalue weighted by Crippen LogP contribution is 2.41. The molecule has 0 aromatic heterocycles. The lowest BCUT2D eigenvalue weighted by molar-refractivity contribution is -0.151. The van der Waals surface area contributed by atoms with Gasteiger partial charge in [-0.05, 0) is 47.2 Å². The predicted molar refractivity (Wildman–Crippen MR) is 105 cm³/mol. The summed E-state index contributed by atoms with van der Waals surface area (Å²) in [7, 11) is 1.64. The molecule has 0 saturated heterocycles. The molecule has 0 fully saturated rings. The minimum atomic E-state index is -0.690. The van der Waals surface area contributed by atoms with Crippen molar-refractivity contribution in [2.45, 2.75) is 24.9 Å². The second-order valence-corrected chi connectivity index (χ2v) is 6.99. The van der Waals surface area contributed by atoms with Crippen LogP contribution < -0.4 is 4.74 Å². The lowest BCUT2D eigenvalue weighted by Gasteiger charge is -2.27. The van der Waals surface area contributed by atoms with Crippen molar-refractivity contribution in [2.75, 3.05) is 7.11 Å². The molecular formula is C24H22O3. The Balaban J connectivity index is 1.65. The van der Waals surface area contributed by atoms with Gasteiger partial charge < -0.3 is 9.47 Å². The maximum atomic E-state index is 13.3. The Morgan fingerprint density at radius 1 is 0.852 bits per heavy atom. The SMILES string of the molecule is COc1ccc(C2(C(=O)OCc3ccccc3)Cc3ccccc3C2)cc1. The van der Waals surface area contributed by atoms with Gasteiger partial charge in [-0.1, -0.05) is 66.7 Å². The van der Waals surface area contributed by atoms with E-state index < -0.39 is 5.41 Å². The number of fused-ring (bicyclic) bond motifs is 1. The van der Waals surface area contributed by atoms with E-state index in [1.54, 1.807) is 7.11 Å². The lowest BCUT2D eigenvalue weighted by Crippen LogP contribution is -2.38. The summed E-state index contributed by atoms with van der Waals surface area (Å²) < 4.78 is 11.1. The van der Waals surface area contributed by atoms with Crippen molar-refractivity contribution < 1.29 is 14.3 Å². The minimum absolute atomic E-state index is 0.173. The first-order chi connectivity index (χ1) is 13.2. The Labute approximate surface area is 159 Å². The zero-order chi connectivity index (χ0) is 18.7. The van der Waals surface area contributed by atoms with E-state index in [1.165, 1.54) is 11.1 Å². The third kappa shape index (κ3) is 3.33. The second-order valence-electron chi connectivity index (χ2n) is 6.99. The molecule has 0 radical (unpaired) electrons. The molecule has 3 aromatic rings. The van der Waals surface area contributed by atoms with Crippen molar-refractivity contribution in [3.05, 3.63) is 101 Å². The van der Waals surface area contributed by atoms with E-state index in [0.717, 1.165) is 16.9 Å². The van der Waals surface area contributed by atoms with Crippen molar-refractivity contribution >= 4 is 5.97 Å². The number of hydrogen-bond acceptors (Lipinski definition) is 3. The second kappa shape index (κ2) is 7.28. The zero-order valence-corrected chi connectivity index (χ0v) is 15.4. The van der Waals surface area contributed by atoms with Gasteiger partial charge in [0.25, 0.3) is 0 Å². The molecule has 4 rings (SSSR count). The fourth-order valence-corrected chi connectivity index (χ4v) is 3.85. The van der Waals surface area contributed by atoms with E-state index in [9.17, 15) is 4.79 Å². The van der Waals surface area contributed by atoms with Gasteiger partial charge in [0.1, 0.15) is 17.8 Å². The van der Waals surface area contributed by atoms with Gasteiger partial charge in [0.05, 0.1) is 7.11 Å². The molecule has 0 atom stereocenters. The Bertz CT molecular complexity index is 904. The molecule has 3 heteroatoms.